The molecular formula is C56H61N5O8S2. The van der Waals surface area contributed by atoms with Gasteiger partial charge in [0.2, 0.25) is 5.91 Å². The molecule has 4 heterocycles. The number of benzene rings is 5. The van der Waals surface area contributed by atoms with Gasteiger partial charge in [0.1, 0.15) is 19.0 Å². The Morgan fingerprint density at radius 2 is 1.30 bits per heavy atom. The molecule has 0 spiro atoms. The Bertz CT molecular complexity index is 2870. The normalized spacial score (nSPS) is 16.4. The van der Waals surface area contributed by atoms with Crippen LogP contribution in [0.2, 0.25) is 0 Å². The zero-order valence-corrected chi connectivity index (χ0v) is 42.9. The summed E-state index contributed by atoms with van der Waals surface area (Å²) in [7, 11) is 5.01. The average Bonchev–Trinajstić information content (AvgIpc) is 3.86. The number of amides is 3. The molecular weight excluding hydrogens is 935 g/mol. The summed E-state index contributed by atoms with van der Waals surface area (Å²) in [5.74, 6) is 1.13. The second-order valence-electron chi connectivity index (χ2n) is 18.7. The van der Waals surface area contributed by atoms with E-state index in [9.17, 15) is 14.4 Å². The van der Waals surface area contributed by atoms with Crippen LogP contribution in [0.3, 0.4) is 0 Å². The summed E-state index contributed by atoms with van der Waals surface area (Å²) >= 11 is 0. The number of fused-ring (bicyclic) bond motifs is 8. The van der Waals surface area contributed by atoms with Gasteiger partial charge in [-0.15, -0.1) is 0 Å². The molecule has 0 fully saturated rings. The van der Waals surface area contributed by atoms with Gasteiger partial charge in [0, 0.05) is 78.8 Å². The van der Waals surface area contributed by atoms with E-state index in [2.05, 4.69) is 33.1 Å². The zero-order valence-electron chi connectivity index (χ0n) is 41.3. The molecule has 2 unspecified atom stereocenters. The fourth-order valence-corrected chi connectivity index (χ4v) is 11.8. The summed E-state index contributed by atoms with van der Waals surface area (Å²) in [6, 6.07) is 28.7. The number of carbonyl (C=O) groups is 3. The lowest BCUT2D eigenvalue weighted by Crippen LogP contribution is -2.37. The second-order valence-corrected chi connectivity index (χ2v) is 21.8. The Balaban J connectivity index is 1.01. The molecule has 0 saturated heterocycles. The Kier molecular flexibility index (Phi) is 15.5. The quantitative estimate of drug-likeness (QED) is 0.0517. The molecule has 2 atom stereocenters. The van der Waals surface area contributed by atoms with Crippen molar-refractivity contribution in [3.63, 3.8) is 0 Å². The molecule has 0 N–H and O–H groups in total. The largest absolute Gasteiger partial charge is 0.493 e. The number of para-hydroxylation sites is 2. The lowest BCUT2D eigenvalue weighted by Gasteiger charge is -2.27. The van der Waals surface area contributed by atoms with E-state index in [-0.39, 0.29) is 47.8 Å². The van der Waals surface area contributed by atoms with Crippen LogP contribution in [0.25, 0.3) is 0 Å². The Morgan fingerprint density at radius 1 is 0.732 bits per heavy atom. The SMILES string of the molecule is CCCOCCOCCN(C(=O)CCC(C)(C)SSC)c1cc(COc2cc3c(cc2C)C(=O)N2c4ccccc4CC2C=N3)cc(COc2cc3c(cc2OC)C(=O)N2c4ccccc4CC2C=N3)c1. The van der Waals surface area contributed by atoms with E-state index in [0.717, 1.165) is 45.6 Å². The van der Waals surface area contributed by atoms with Crippen molar-refractivity contribution >= 4 is 80.2 Å². The molecule has 0 bridgehead atoms. The number of rotatable bonds is 21. The van der Waals surface area contributed by atoms with Gasteiger partial charge in [-0.1, -0.05) is 64.9 Å². The molecule has 0 aromatic heterocycles. The summed E-state index contributed by atoms with van der Waals surface area (Å²) in [6.45, 7) is 10.7. The van der Waals surface area contributed by atoms with Crippen LogP contribution >= 0.6 is 21.6 Å². The van der Waals surface area contributed by atoms with Crippen LogP contribution in [0.4, 0.5) is 28.4 Å². The van der Waals surface area contributed by atoms with Crippen LogP contribution in [0, 0.1) is 6.92 Å². The van der Waals surface area contributed by atoms with Crippen LogP contribution in [-0.2, 0) is 40.3 Å². The molecule has 9 rings (SSSR count). The van der Waals surface area contributed by atoms with Crippen molar-refractivity contribution in [2.24, 2.45) is 9.98 Å². The number of aryl methyl sites for hydroxylation is 1. The molecule has 0 saturated carbocycles. The van der Waals surface area contributed by atoms with E-state index < -0.39 is 0 Å². The first-order chi connectivity index (χ1) is 34.4. The van der Waals surface area contributed by atoms with Gasteiger partial charge in [-0.05, 0) is 110 Å². The van der Waals surface area contributed by atoms with Gasteiger partial charge in [0.05, 0.1) is 61.5 Å². The van der Waals surface area contributed by atoms with Crippen molar-refractivity contribution in [3.8, 4) is 17.2 Å². The van der Waals surface area contributed by atoms with E-state index >= 15 is 0 Å². The van der Waals surface area contributed by atoms with Gasteiger partial charge in [-0.25, -0.2) is 0 Å². The number of hydrogen-bond acceptors (Lipinski definition) is 12. The zero-order chi connectivity index (χ0) is 49.6. The maximum absolute atomic E-state index is 14.4. The first-order valence-corrected chi connectivity index (χ1v) is 26.8. The first kappa shape index (κ1) is 49.8. The lowest BCUT2D eigenvalue weighted by molar-refractivity contribution is -0.119. The van der Waals surface area contributed by atoms with Crippen molar-refractivity contribution in [3.05, 3.63) is 130 Å². The topological polar surface area (TPSA) is 132 Å². The third kappa shape index (κ3) is 11.0. The van der Waals surface area contributed by atoms with Gasteiger partial charge in [-0.2, -0.15) is 0 Å². The van der Waals surface area contributed by atoms with Crippen molar-refractivity contribution < 1.29 is 38.1 Å². The molecule has 3 amide bonds. The van der Waals surface area contributed by atoms with Gasteiger partial charge >= 0.3 is 0 Å². The molecule has 5 aromatic rings. The number of anilines is 3. The summed E-state index contributed by atoms with van der Waals surface area (Å²) in [4.78, 5) is 57.8. The van der Waals surface area contributed by atoms with Gasteiger partial charge < -0.3 is 28.6 Å². The molecule has 0 radical (unpaired) electrons. The van der Waals surface area contributed by atoms with E-state index in [0.29, 0.717) is 104 Å². The summed E-state index contributed by atoms with van der Waals surface area (Å²) in [5, 5.41) is 0. The smallest absolute Gasteiger partial charge is 0.261 e. The highest BCUT2D eigenvalue weighted by molar-refractivity contribution is 8.76. The van der Waals surface area contributed by atoms with Gasteiger partial charge in [-0.3, -0.25) is 34.2 Å². The molecule has 71 heavy (non-hydrogen) atoms. The van der Waals surface area contributed by atoms with Crippen LogP contribution in [0.15, 0.2) is 101 Å². The molecule has 4 aliphatic heterocycles. The number of methoxy groups -OCH3 is 1. The summed E-state index contributed by atoms with van der Waals surface area (Å²) in [6.07, 6.45) is 9.08. The fourth-order valence-electron chi connectivity index (χ4n) is 9.61. The van der Waals surface area contributed by atoms with Crippen molar-refractivity contribution in [1.29, 1.82) is 0 Å². The predicted molar refractivity (Wildman–Crippen MR) is 286 cm³/mol. The average molecular weight is 996 g/mol. The van der Waals surface area contributed by atoms with Crippen molar-refractivity contribution in [2.75, 3.05) is 61.0 Å². The third-order valence-corrected chi connectivity index (χ3v) is 15.8. The fraction of sp³-hybridized carbons (Fsp3) is 0.375. The molecule has 4 aliphatic rings. The van der Waals surface area contributed by atoms with Crippen LogP contribution < -0.4 is 28.9 Å². The minimum atomic E-state index is -0.201. The number of aliphatic imine (C=N–C) groups is 2. The van der Waals surface area contributed by atoms with Crippen molar-refractivity contribution in [1.82, 2.24) is 0 Å². The second kappa shape index (κ2) is 22.1. The molecule has 0 aliphatic carbocycles. The minimum absolute atomic E-state index is 0.0270. The number of nitrogens with zero attached hydrogens (tertiary/aromatic N) is 5. The number of hydrogen-bond donors (Lipinski definition) is 0. The van der Waals surface area contributed by atoms with E-state index in [4.69, 9.17) is 33.7 Å². The van der Waals surface area contributed by atoms with Gasteiger partial charge in [0.25, 0.3) is 11.8 Å². The predicted octanol–water partition coefficient (Wildman–Crippen LogP) is 11.1. The Hall–Kier alpha value is -6.13. The van der Waals surface area contributed by atoms with E-state index in [1.807, 2.05) is 102 Å². The molecule has 5 aromatic carbocycles. The number of ether oxygens (including phenoxy) is 5. The van der Waals surface area contributed by atoms with E-state index in [1.165, 1.54) is 0 Å². The Morgan fingerprint density at radius 3 is 1.89 bits per heavy atom. The maximum atomic E-state index is 14.4. The lowest BCUT2D eigenvalue weighted by atomic mass is 10.0. The summed E-state index contributed by atoms with van der Waals surface area (Å²) < 4.78 is 30.6. The Labute approximate surface area is 424 Å². The standard InChI is InChI=1S/C56H61N5O8S2/c1-7-19-66-21-22-67-20-18-59(53(62)16-17-56(3,4)71-70-6)41-25-37(34-68-50-30-46-44(23-36(50)2)54(63)60-42(32-57-46)27-39-12-8-10-14-48(39)60)24-38(26-41)35-69-52-31-47-45(29-51(52)65-5)55(64)61-43(33-58-47)28-40-13-9-11-15-49(40)61/h8-15,23-26,29-33,42-43H,7,16-22,27-28,34-35H2,1-6H3. The highest BCUT2D eigenvalue weighted by Crippen LogP contribution is 2.43. The highest BCUT2D eigenvalue weighted by Gasteiger charge is 2.38. The van der Waals surface area contributed by atoms with E-state index in [1.54, 1.807) is 45.7 Å². The van der Waals surface area contributed by atoms with Crippen molar-refractivity contribution in [2.45, 2.75) is 89.8 Å². The molecule has 15 heteroatoms. The highest BCUT2D eigenvalue weighted by atomic mass is 33.1. The summed E-state index contributed by atoms with van der Waals surface area (Å²) in [5.41, 5.74) is 9.06. The van der Waals surface area contributed by atoms with Crippen LogP contribution in [-0.4, -0.2) is 93.3 Å². The first-order valence-electron chi connectivity index (χ1n) is 24.3. The maximum Gasteiger partial charge on any atom is 0.261 e. The minimum Gasteiger partial charge on any atom is -0.493 e. The van der Waals surface area contributed by atoms with Gasteiger partial charge in [0.15, 0.2) is 11.5 Å². The number of carbonyl (C=O) groups excluding carboxylic acids is 3. The van der Waals surface area contributed by atoms with Crippen LogP contribution in [0.5, 0.6) is 17.2 Å². The monoisotopic (exact) mass is 995 g/mol. The molecule has 13 nitrogen and oxygen atoms in total. The van der Waals surface area contributed by atoms with Crippen LogP contribution in [0.1, 0.15) is 88.6 Å². The third-order valence-electron chi connectivity index (χ3n) is 13.1. The molecule has 370 valence electrons.